The Balaban J connectivity index is 1.97. The Labute approximate surface area is 125 Å². The predicted molar refractivity (Wildman–Crippen MR) is 78.8 cm³/mol. The average molecular weight is 315 g/mol. The van der Waals surface area contributed by atoms with Crippen molar-refractivity contribution in [3.05, 3.63) is 30.1 Å². The van der Waals surface area contributed by atoms with Crippen molar-refractivity contribution in [2.75, 3.05) is 6.54 Å². The van der Waals surface area contributed by atoms with Gasteiger partial charge >= 0.3 is 0 Å². The molecule has 1 aromatic carbocycles. The van der Waals surface area contributed by atoms with Crippen LogP contribution in [0.1, 0.15) is 39.0 Å². The number of nitrogens with one attached hydrogen (secondary N) is 1. The topological polar surface area (TPSA) is 66.4 Å². The van der Waals surface area contributed by atoms with Crippen LogP contribution in [0, 0.1) is 11.7 Å². The highest BCUT2D eigenvalue weighted by Gasteiger charge is 2.33. The number of benzene rings is 1. The second kappa shape index (κ2) is 6.42. The van der Waals surface area contributed by atoms with Crippen molar-refractivity contribution in [3.63, 3.8) is 0 Å². The summed E-state index contributed by atoms with van der Waals surface area (Å²) in [7, 11) is -3.71. The zero-order valence-corrected chi connectivity index (χ0v) is 13.0. The van der Waals surface area contributed by atoms with Crippen molar-refractivity contribution in [2.24, 2.45) is 5.92 Å². The molecule has 0 atom stereocenters. The molecule has 2 rings (SSSR count). The second-order valence-corrected chi connectivity index (χ2v) is 7.62. The highest BCUT2D eigenvalue weighted by Crippen LogP contribution is 2.33. The van der Waals surface area contributed by atoms with Crippen LogP contribution in [0.3, 0.4) is 0 Å². The average Bonchev–Trinajstić information content (AvgIpc) is 2.47. The van der Waals surface area contributed by atoms with E-state index in [1.807, 2.05) is 0 Å². The molecular weight excluding hydrogens is 293 g/mol. The molecule has 0 bridgehead atoms. The molecule has 4 nitrogen and oxygen atoms in total. The van der Waals surface area contributed by atoms with Crippen molar-refractivity contribution in [1.82, 2.24) is 4.72 Å². The van der Waals surface area contributed by atoms with E-state index in [0.29, 0.717) is 18.8 Å². The van der Waals surface area contributed by atoms with E-state index in [4.69, 9.17) is 0 Å². The van der Waals surface area contributed by atoms with Crippen LogP contribution in [-0.2, 0) is 10.0 Å². The first-order valence-corrected chi connectivity index (χ1v) is 8.80. The van der Waals surface area contributed by atoms with Gasteiger partial charge in [0.05, 0.1) is 10.5 Å². The lowest BCUT2D eigenvalue weighted by Crippen LogP contribution is -2.45. The molecule has 6 heteroatoms. The Hall–Kier alpha value is -0.980. The van der Waals surface area contributed by atoms with Crippen molar-refractivity contribution in [1.29, 1.82) is 0 Å². The van der Waals surface area contributed by atoms with Crippen LogP contribution < -0.4 is 4.72 Å². The van der Waals surface area contributed by atoms with Gasteiger partial charge in [0.2, 0.25) is 10.0 Å². The van der Waals surface area contributed by atoms with Gasteiger partial charge in [0.25, 0.3) is 0 Å². The summed E-state index contributed by atoms with van der Waals surface area (Å²) in [6, 6.07) is 4.65. The van der Waals surface area contributed by atoms with E-state index < -0.39 is 21.4 Å². The molecule has 0 amide bonds. The van der Waals surface area contributed by atoms with Crippen molar-refractivity contribution in [2.45, 2.75) is 49.5 Å². The molecule has 0 heterocycles. The van der Waals surface area contributed by atoms with E-state index in [-0.39, 0.29) is 11.4 Å². The predicted octanol–water partition coefficient (Wildman–Crippen LogP) is 2.44. The van der Waals surface area contributed by atoms with Crippen LogP contribution in [-0.4, -0.2) is 25.7 Å². The van der Waals surface area contributed by atoms with Gasteiger partial charge in [0.15, 0.2) is 0 Å². The Morgan fingerprint density at radius 3 is 2.38 bits per heavy atom. The van der Waals surface area contributed by atoms with Crippen molar-refractivity contribution >= 4 is 10.0 Å². The Morgan fingerprint density at radius 2 is 1.86 bits per heavy atom. The standard InChI is InChI=1S/C15H22FNO3S/c1-2-12-7-9-15(18,10-8-12)11-17-21(19,20)14-5-3-13(16)4-6-14/h3-6,12,17-18H,2,7-11H2,1H3. The summed E-state index contributed by atoms with van der Waals surface area (Å²) in [5.74, 6) is 0.143. The molecule has 1 aliphatic carbocycles. The number of hydrogen-bond donors (Lipinski definition) is 2. The molecule has 0 unspecified atom stereocenters. The van der Waals surface area contributed by atoms with Crippen LogP contribution in [0.15, 0.2) is 29.2 Å². The minimum atomic E-state index is -3.71. The molecule has 21 heavy (non-hydrogen) atoms. The van der Waals surface area contributed by atoms with Gasteiger partial charge in [-0.2, -0.15) is 0 Å². The van der Waals surface area contributed by atoms with Crippen LogP contribution in [0.25, 0.3) is 0 Å². The Morgan fingerprint density at radius 1 is 1.29 bits per heavy atom. The van der Waals surface area contributed by atoms with Gasteiger partial charge in [-0.3, -0.25) is 0 Å². The van der Waals surface area contributed by atoms with Crippen LogP contribution in [0.2, 0.25) is 0 Å². The maximum absolute atomic E-state index is 12.8. The quantitative estimate of drug-likeness (QED) is 0.877. The van der Waals surface area contributed by atoms with E-state index in [1.165, 1.54) is 12.1 Å². The van der Waals surface area contributed by atoms with E-state index in [1.54, 1.807) is 0 Å². The molecule has 0 aliphatic heterocycles. The number of sulfonamides is 1. The summed E-state index contributed by atoms with van der Waals surface area (Å²) in [5.41, 5.74) is -0.973. The molecule has 0 spiro atoms. The number of halogens is 1. The lowest BCUT2D eigenvalue weighted by atomic mass is 9.78. The van der Waals surface area contributed by atoms with Crippen LogP contribution >= 0.6 is 0 Å². The minimum absolute atomic E-state index is 0.00312. The summed E-state index contributed by atoms with van der Waals surface area (Å²) < 4.78 is 39.5. The van der Waals surface area contributed by atoms with E-state index in [2.05, 4.69) is 11.6 Å². The minimum Gasteiger partial charge on any atom is -0.389 e. The second-order valence-electron chi connectivity index (χ2n) is 5.85. The monoisotopic (exact) mass is 315 g/mol. The molecule has 0 aromatic heterocycles. The molecule has 118 valence electrons. The normalized spacial score (nSPS) is 26.7. The molecule has 1 fully saturated rings. The van der Waals surface area contributed by atoms with Gasteiger partial charge in [-0.25, -0.2) is 17.5 Å². The summed E-state index contributed by atoms with van der Waals surface area (Å²) in [6.07, 6.45) is 4.16. The first-order valence-electron chi connectivity index (χ1n) is 7.32. The highest BCUT2D eigenvalue weighted by molar-refractivity contribution is 7.89. The smallest absolute Gasteiger partial charge is 0.240 e. The van der Waals surface area contributed by atoms with Crippen LogP contribution in [0.4, 0.5) is 4.39 Å². The number of hydrogen-bond acceptors (Lipinski definition) is 3. The van der Waals surface area contributed by atoms with Gasteiger partial charge in [-0.15, -0.1) is 0 Å². The van der Waals surface area contributed by atoms with Gasteiger partial charge in [0.1, 0.15) is 5.82 Å². The fourth-order valence-electron chi connectivity index (χ4n) is 2.73. The third-order valence-electron chi connectivity index (χ3n) is 4.33. The maximum Gasteiger partial charge on any atom is 0.240 e. The largest absolute Gasteiger partial charge is 0.389 e. The fourth-order valence-corrected chi connectivity index (χ4v) is 3.85. The first kappa shape index (κ1) is 16.4. The lowest BCUT2D eigenvalue weighted by Gasteiger charge is -2.35. The van der Waals surface area contributed by atoms with Gasteiger partial charge in [-0.1, -0.05) is 13.3 Å². The molecule has 1 aromatic rings. The molecule has 1 aliphatic rings. The Bertz CT molecular complexity index is 563. The van der Waals surface area contributed by atoms with Crippen molar-refractivity contribution < 1.29 is 17.9 Å². The van der Waals surface area contributed by atoms with E-state index >= 15 is 0 Å². The number of rotatable bonds is 5. The first-order chi connectivity index (χ1) is 9.85. The SMILES string of the molecule is CCC1CCC(O)(CNS(=O)(=O)c2ccc(F)cc2)CC1. The zero-order chi connectivity index (χ0) is 15.5. The Kier molecular flexibility index (Phi) is 5.01. The summed E-state index contributed by atoms with van der Waals surface area (Å²) in [6.45, 7) is 2.13. The zero-order valence-electron chi connectivity index (χ0n) is 12.2. The molecular formula is C15H22FNO3S. The van der Waals surface area contributed by atoms with Crippen LogP contribution in [0.5, 0.6) is 0 Å². The van der Waals surface area contributed by atoms with Gasteiger partial charge < -0.3 is 5.11 Å². The molecule has 1 saturated carbocycles. The van der Waals surface area contributed by atoms with Crippen molar-refractivity contribution in [3.8, 4) is 0 Å². The summed E-state index contributed by atoms with van der Waals surface area (Å²) in [5, 5.41) is 10.5. The van der Waals surface area contributed by atoms with Gasteiger partial charge in [-0.05, 0) is 55.9 Å². The maximum atomic E-state index is 12.8. The molecule has 2 N–H and O–H groups in total. The number of aliphatic hydroxyl groups is 1. The lowest BCUT2D eigenvalue weighted by molar-refractivity contribution is -0.00442. The third-order valence-corrected chi connectivity index (χ3v) is 5.75. The fraction of sp³-hybridized carbons (Fsp3) is 0.600. The van der Waals surface area contributed by atoms with E-state index in [9.17, 15) is 17.9 Å². The molecule has 0 radical (unpaired) electrons. The summed E-state index contributed by atoms with van der Waals surface area (Å²) >= 11 is 0. The molecule has 0 saturated heterocycles. The third kappa shape index (κ3) is 4.25. The highest BCUT2D eigenvalue weighted by atomic mass is 32.2. The van der Waals surface area contributed by atoms with E-state index in [0.717, 1.165) is 31.4 Å². The van der Waals surface area contributed by atoms with Gasteiger partial charge in [0, 0.05) is 6.54 Å². The summed E-state index contributed by atoms with van der Waals surface area (Å²) in [4.78, 5) is 0.00902.